The van der Waals surface area contributed by atoms with Crippen LogP contribution in [0.4, 0.5) is 4.79 Å². The quantitative estimate of drug-likeness (QED) is 0.763. The first-order valence-electron chi connectivity index (χ1n) is 9.09. The van der Waals surface area contributed by atoms with Crippen LogP contribution < -0.4 is 0 Å². The number of carboxylic acid groups (broad SMARTS) is 1. The molecule has 28 heavy (non-hydrogen) atoms. The van der Waals surface area contributed by atoms with Crippen molar-refractivity contribution in [3.63, 3.8) is 0 Å². The van der Waals surface area contributed by atoms with Crippen molar-refractivity contribution in [2.24, 2.45) is 0 Å². The average Bonchev–Trinajstić information content (AvgIpc) is 2.64. The number of benzene rings is 2. The predicted octanol–water partition coefficient (Wildman–Crippen LogP) is 4.44. The van der Waals surface area contributed by atoms with E-state index in [0.717, 1.165) is 16.7 Å². The summed E-state index contributed by atoms with van der Waals surface area (Å²) in [5.41, 5.74) is 2.56. The third-order valence-corrected chi connectivity index (χ3v) is 4.01. The molecule has 0 radical (unpaired) electrons. The number of carboxylic acids is 1. The Morgan fingerprint density at radius 1 is 0.964 bits per heavy atom. The Kier molecular flexibility index (Phi) is 7.18. The summed E-state index contributed by atoms with van der Waals surface area (Å²) in [7, 11) is 1.59. The molecule has 150 valence electrons. The number of methoxy groups -OCH3 is 1. The molecule has 0 fully saturated rings. The first-order valence-corrected chi connectivity index (χ1v) is 9.09. The number of carbonyl (C=O) groups is 2. The van der Waals surface area contributed by atoms with Crippen LogP contribution in [0.1, 0.15) is 36.7 Å². The van der Waals surface area contributed by atoms with E-state index in [2.05, 4.69) is 0 Å². The van der Waals surface area contributed by atoms with Crippen LogP contribution in [-0.4, -0.2) is 47.9 Å². The molecule has 0 bridgehead atoms. The Morgan fingerprint density at radius 3 is 1.96 bits per heavy atom. The molecule has 0 aliphatic heterocycles. The Balaban J connectivity index is 2.11. The van der Waals surface area contributed by atoms with E-state index in [1.165, 1.54) is 0 Å². The van der Waals surface area contributed by atoms with Gasteiger partial charge in [-0.25, -0.2) is 9.59 Å². The van der Waals surface area contributed by atoms with Gasteiger partial charge < -0.3 is 19.5 Å². The molecule has 0 atom stereocenters. The van der Waals surface area contributed by atoms with Crippen LogP contribution >= 0.6 is 0 Å². The van der Waals surface area contributed by atoms with Gasteiger partial charge in [0.05, 0.1) is 12.2 Å². The topological polar surface area (TPSA) is 76.1 Å². The van der Waals surface area contributed by atoms with Crippen LogP contribution in [0.25, 0.3) is 11.1 Å². The van der Waals surface area contributed by atoms with Crippen molar-refractivity contribution in [3.05, 3.63) is 59.7 Å². The third-order valence-electron chi connectivity index (χ3n) is 4.01. The summed E-state index contributed by atoms with van der Waals surface area (Å²) in [5.74, 6) is -0.944. The molecule has 0 unspecified atom stereocenters. The second-order valence-corrected chi connectivity index (χ2v) is 7.47. The number of ether oxygens (including phenoxy) is 2. The zero-order valence-corrected chi connectivity index (χ0v) is 16.8. The SMILES string of the molecule is COCCN(Cc1ccc(-c2ccc(C(=O)O)cc2)cc1)C(=O)OC(C)(C)C. The molecule has 6 heteroatoms. The van der Waals surface area contributed by atoms with Crippen molar-refractivity contribution in [1.29, 1.82) is 0 Å². The highest BCUT2D eigenvalue weighted by Crippen LogP contribution is 2.21. The molecule has 0 heterocycles. The maximum atomic E-state index is 12.4. The van der Waals surface area contributed by atoms with Crippen LogP contribution in [-0.2, 0) is 16.0 Å². The van der Waals surface area contributed by atoms with Gasteiger partial charge in [0.25, 0.3) is 0 Å². The maximum Gasteiger partial charge on any atom is 0.410 e. The van der Waals surface area contributed by atoms with Crippen molar-refractivity contribution in [1.82, 2.24) is 4.90 Å². The molecular weight excluding hydrogens is 358 g/mol. The fourth-order valence-electron chi connectivity index (χ4n) is 2.59. The molecule has 2 rings (SSSR count). The zero-order valence-electron chi connectivity index (χ0n) is 16.8. The number of rotatable bonds is 7. The molecular formula is C22H27NO5. The molecule has 0 saturated carbocycles. The third kappa shape index (κ3) is 6.39. The van der Waals surface area contributed by atoms with Gasteiger partial charge in [0, 0.05) is 20.2 Å². The minimum atomic E-state index is -0.944. The van der Waals surface area contributed by atoms with Gasteiger partial charge in [-0.2, -0.15) is 0 Å². The maximum absolute atomic E-state index is 12.4. The number of hydrogen-bond acceptors (Lipinski definition) is 4. The Hall–Kier alpha value is -2.86. The fourth-order valence-corrected chi connectivity index (χ4v) is 2.59. The van der Waals surface area contributed by atoms with Gasteiger partial charge in [-0.05, 0) is 49.6 Å². The fraction of sp³-hybridized carbons (Fsp3) is 0.364. The van der Waals surface area contributed by atoms with Gasteiger partial charge in [-0.1, -0.05) is 36.4 Å². The van der Waals surface area contributed by atoms with E-state index in [4.69, 9.17) is 14.6 Å². The number of aromatic carboxylic acids is 1. The van der Waals surface area contributed by atoms with Crippen LogP contribution in [0.5, 0.6) is 0 Å². The standard InChI is InChI=1S/C22H27NO5/c1-22(2,3)28-21(26)23(13-14-27-4)15-16-5-7-17(8-6-16)18-9-11-19(12-10-18)20(24)25/h5-12H,13-15H2,1-4H3,(H,24,25). The van der Waals surface area contributed by atoms with Gasteiger partial charge in [0.2, 0.25) is 0 Å². The molecule has 6 nitrogen and oxygen atoms in total. The van der Waals surface area contributed by atoms with Gasteiger partial charge in [0.1, 0.15) is 5.60 Å². The number of carbonyl (C=O) groups excluding carboxylic acids is 1. The first-order chi connectivity index (χ1) is 13.2. The Morgan fingerprint density at radius 2 is 1.50 bits per heavy atom. The van der Waals surface area contributed by atoms with Crippen molar-refractivity contribution < 1.29 is 24.2 Å². The lowest BCUT2D eigenvalue weighted by molar-refractivity contribution is 0.0184. The van der Waals surface area contributed by atoms with Crippen LogP contribution in [0.2, 0.25) is 0 Å². The van der Waals surface area contributed by atoms with Crippen molar-refractivity contribution >= 4 is 12.1 Å². The molecule has 0 aliphatic carbocycles. The molecule has 0 aliphatic rings. The van der Waals surface area contributed by atoms with E-state index in [1.807, 2.05) is 45.0 Å². The summed E-state index contributed by atoms with van der Waals surface area (Å²) in [5, 5.41) is 8.99. The number of nitrogens with zero attached hydrogens (tertiary/aromatic N) is 1. The second-order valence-electron chi connectivity index (χ2n) is 7.47. The summed E-state index contributed by atoms with van der Waals surface area (Å²) in [4.78, 5) is 25.0. The monoisotopic (exact) mass is 385 g/mol. The molecule has 2 aromatic rings. The lowest BCUT2D eigenvalue weighted by Gasteiger charge is -2.27. The lowest BCUT2D eigenvalue weighted by atomic mass is 10.0. The largest absolute Gasteiger partial charge is 0.478 e. The Bertz CT molecular complexity index is 791. The summed E-state index contributed by atoms with van der Waals surface area (Å²) in [6.07, 6.45) is -0.377. The van der Waals surface area contributed by atoms with E-state index in [9.17, 15) is 9.59 Å². The van der Waals surface area contributed by atoms with Crippen LogP contribution in [0.15, 0.2) is 48.5 Å². The normalized spacial score (nSPS) is 11.1. The van der Waals surface area contributed by atoms with Gasteiger partial charge in [0.15, 0.2) is 0 Å². The second kappa shape index (κ2) is 9.37. The minimum absolute atomic E-state index is 0.256. The van der Waals surface area contributed by atoms with Crippen molar-refractivity contribution in [2.45, 2.75) is 32.9 Å². The molecule has 0 saturated heterocycles. The van der Waals surface area contributed by atoms with Gasteiger partial charge in [-0.15, -0.1) is 0 Å². The highest BCUT2D eigenvalue weighted by Gasteiger charge is 2.22. The summed E-state index contributed by atoms with van der Waals surface area (Å²) in [6.45, 7) is 6.78. The summed E-state index contributed by atoms with van der Waals surface area (Å²) < 4.78 is 10.6. The molecule has 1 amide bonds. The van der Waals surface area contributed by atoms with Crippen LogP contribution in [0.3, 0.4) is 0 Å². The summed E-state index contributed by atoms with van der Waals surface area (Å²) >= 11 is 0. The predicted molar refractivity (Wildman–Crippen MR) is 107 cm³/mol. The van der Waals surface area contributed by atoms with Gasteiger partial charge >= 0.3 is 12.1 Å². The Labute approximate surface area is 165 Å². The highest BCUT2D eigenvalue weighted by atomic mass is 16.6. The molecule has 1 N–H and O–H groups in total. The van der Waals surface area contributed by atoms with Crippen molar-refractivity contribution in [2.75, 3.05) is 20.3 Å². The number of amides is 1. The highest BCUT2D eigenvalue weighted by molar-refractivity contribution is 5.88. The first kappa shape index (κ1) is 21.4. The minimum Gasteiger partial charge on any atom is -0.478 e. The average molecular weight is 385 g/mol. The molecule has 0 spiro atoms. The van der Waals surface area contributed by atoms with Gasteiger partial charge in [-0.3, -0.25) is 0 Å². The van der Waals surface area contributed by atoms with Crippen molar-refractivity contribution in [3.8, 4) is 11.1 Å². The van der Waals surface area contributed by atoms with E-state index >= 15 is 0 Å². The number of hydrogen-bond donors (Lipinski definition) is 1. The smallest absolute Gasteiger partial charge is 0.410 e. The van der Waals surface area contributed by atoms with E-state index < -0.39 is 11.6 Å². The van der Waals surface area contributed by atoms with E-state index in [-0.39, 0.29) is 11.7 Å². The van der Waals surface area contributed by atoms with E-state index in [0.29, 0.717) is 19.7 Å². The van der Waals surface area contributed by atoms with Crippen LogP contribution in [0, 0.1) is 0 Å². The molecule has 2 aromatic carbocycles. The zero-order chi connectivity index (χ0) is 20.7. The van der Waals surface area contributed by atoms with E-state index in [1.54, 1.807) is 36.3 Å². The summed E-state index contributed by atoms with van der Waals surface area (Å²) in [6, 6.07) is 14.5. The lowest BCUT2D eigenvalue weighted by Crippen LogP contribution is -2.38. The molecule has 0 aromatic heterocycles.